The number of hydrogen-bond acceptors (Lipinski definition) is 4. The molecule has 31 heavy (non-hydrogen) atoms. The predicted octanol–water partition coefficient (Wildman–Crippen LogP) is 5.32. The summed E-state index contributed by atoms with van der Waals surface area (Å²) in [5, 5.41) is 4.08. The van der Waals surface area contributed by atoms with E-state index in [0.717, 1.165) is 28.5 Å². The number of carbonyl (C=O) groups is 1. The summed E-state index contributed by atoms with van der Waals surface area (Å²) in [7, 11) is -3.46. The van der Waals surface area contributed by atoms with Gasteiger partial charge in [-0.15, -0.1) is 11.3 Å². The summed E-state index contributed by atoms with van der Waals surface area (Å²) in [4.78, 5) is 13.5. The van der Waals surface area contributed by atoms with E-state index in [4.69, 9.17) is 0 Å². The van der Waals surface area contributed by atoms with E-state index in [1.54, 1.807) is 0 Å². The fourth-order valence-corrected chi connectivity index (χ4v) is 5.95. The number of benzene rings is 2. The highest BCUT2D eigenvalue weighted by molar-refractivity contribution is 7.92. The molecule has 2 aromatic carbocycles. The highest BCUT2D eigenvalue weighted by Crippen LogP contribution is 2.31. The van der Waals surface area contributed by atoms with Crippen molar-refractivity contribution in [2.45, 2.75) is 51.1 Å². The quantitative estimate of drug-likeness (QED) is 0.511. The largest absolute Gasteiger partial charge is 0.349 e. The summed E-state index contributed by atoms with van der Waals surface area (Å²) in [5.74, 6) is -0.0288. The molecule has 4 rings (SSSR count). The lowest BCUT2D eigenvalue weighted by Gasteiger charge is -2.22. The van der Waals surface area contributed by atoms with Gasteiger partial charge in [0.25, 0.3) is 5.91 Å². The van der Waals surface area contributed by atoms with Crippen LogP contribution in [0.2, 0.25) is 0 Å². The van der Waals surface area contributed by atoms with Crippen LogP contribution in [0.5, 0.6) is 0 Å². The zero-order valence-electron chi connectivity index (χ0n) is 17.7. The third-order valence-corrected chi connectivity index (χ3v) is 8.03. The first-order valence-corrected chi connectivity index (χ1v) is 13.4. The minimum absolute atomic E-state index is 0.0288. The predicted molar refractivity (Wildman–Crippen MR) is 128 cm³/mol. The zero-order chi connectivity index (χ0) is 21.8. The third-order valence-electron chi connectivity index (χ3n) is 5.77. The fourth-order valence-electron chi connectivity index (χ4n) is 4.13. The lowest BCUT2D eigenvalue weighted by molar-refractivity contribution is 0.0937. The molecule has 7 heteroatoms. The standard InChI is InChI=1S/C24H28N2O3S2/c1-31(28,29)26(17-18-9-5-4-6-10-18)21-13-14-22-19(15-21)16-23(30-22)24(27)25-20-11-7-2-3-8-12-20/h4-6,9-10,13-16,20H,2-3,7-8,11-12,17H2,1H3,(H,25,27). The topological polar surface area (TPSA) is 66.5 Å². The van der Waals surface area contributed by atoms with Crippen molar-refractivity contribution in [3.8, 4) is 0 Å². The van der Waals surface area contributed by atoms with Crippen LogP contribution in [0.3, 0.4) is 0 Å². The molecule has 1 amide bonds. The van der Waals surface area contributed by atoms with Crippen LogP contribution >= 0.6 is 11.3 Å². The number of rotatable bonds is 6. The minimum atomic E-state index is -3.46. The van der Waals surface area contributed by atoms with Crippen molar-refractivity contribution in [1.29, 1.82) is 0 Å². The number of thiophene rings is 1. The van der Waals surface area contributed by atoms with Crippen molar-refractivity contribution in [3.05, 3.63) is 65.0 Å². The first-order valence-electron chi connectivity index (χ1n) is 10.8. The van der Waals surface area contributed by atoms with Crippen molar-refractivity contribution in [2.75, 3.05) is 10.6 Å². The van der Waals surface area contributed by atoms with Gasteiger partial charge in [-0.1, -0.05) is 56.0 Å². The van der Waals surface area contributed by atoms with Crippen LogP contribution in [0.25, 0.3) is 10.1 Å². The lowest BCUT2D eigenvalue weighted by Crippen LogP contribution is -2.33. The van der Waals surface area contributed by atoms with Gasteiger partial charge in [0.05, 0.1) is 23.4 Å². The van der Waals surface area contributed by atoms with E-state index in [1.807, 2.05) is 54.6 Å². The number of nitrogens with zero attached hydrogens (tertiary/aromatic N) is 1. The molecular weight excluding hydrogens is 428 g/mol. The Kier molecular flexibility index (Phi) is 6.62. The Hall–Kier alpha value is -2.38. The van der Waals surface area contributed by atoms with Crippen molar-refractivity contribution in [1.82, 2.24) is 5.32 Å². The molecule has 1 heterocycles. The Balaban J connectivity index is 1.57. The Morgan fingerprint density at radius 2 is 1.74 bits per heavy atom. The van der Waals surface area contributed by atoms with E-state index in [0.29, 0.717) is 10.6 Å². The van der Waals surface area contributed by atoms with E-state index in [-0.39, 0.29) is 18.5 Å². The number of amides is 1. The Morgan fingerprint density at radius 3 is 2.42 bits per heavy atom. The van der Waals surface area contributed by atoms with Gasteiger partial charge in [0, 0.05) is 10.7 Å². The normalized spacial score (nSPS) is 15.5. The number of carbonyl (C=O) groups excluding carboxylic acids is 1. The van der Waals surface area contributed by atoms with Crippen LogP contribution in [0.15, 0.2) is 54.6 Å². The maximum absolute atomic E-state index is 12.8. The zero-order valence-corrected chi connectivity index (χ0v) is 19.3. The molecule has 1 aliphatic carbocycles. The number of hydrogen-bond donors (Lipinski definition) is 1. The molecule has 1 fully saturated rings. The van der Waals surface area contributed by atoms with E-state index < -0.39 is 10.0 Å². The molecule has 0 unspecified atom stereocenters. The number of anilines is 1. The molecule has 5 nitrogen and oxygen atoms in total. The molecule has 3 aromatic rings. The number of sulfonamides is 1. The van der Waals surface area contributed by atoms with Crippen molar-refractivity contribution in [3.63, 3.8) is 0 Å². The second-order valence-corrected chi connectivity index (χ2v) is 11.2. The molecule has 164 valence electrons. The van der Waals surface area contributed by atoms with Gasteiger partial charge in [0.1, 0.15) is 0 Å². The minimum Gasteiger partial charge on any atom is -0.349 e. The number of nitrogens with one attached hydrogen (secondary N) is 1. The summed E-state index contributed by atoms with van der Waals surface area (Å²) < 4.78 is 27.4. The second-order valence-electron chi connectivity index (χ2n) is 8.25. The first-order chi connectivity index (χ1) is 14.9. The Bertz CT molecular complexity index is 1150. The van der Waals surface area contributed by atoms with E-state index in [2.05, 4.69) is 5.32 Å². The maximum atomic E-state index is 12.8. The molecule has 0 bridgehead atoms. The van der Waals surface area contributed by atoms with Crippen LogP contribution in [0.4, 0.5) is 5.69 Å². The van der Waals surface area contributed by atoms with Crippen molar-refractivity contribution in [2.24, 2.45) is 0 Å². The monoisotopic (exact) mass is 456 g/mol. The smallest absolute Gasteiger partial charge is 0.261 e. The molecule has 1 N–H and O–H groups in total. The van der Waals surface area contributed by atoms with Gasteiger partial charge in [-0.3, -0.25) is 9.10 Å². The molecule has 1 aromatic heterocycles. The summed E-state index contributed by atoms with van der Waals surface area (Å²) in [6.45, 7) is 0.268. The van der Waals surface area contributed by atoms with Crippen LogP contribution in [0.1, 0.15) is 53.8 Å². The SMILES string of the molecule is CS(=O)(=O)N(Cc1ccccc1)c1ccc2sc(C(=O)NC3CCCCCC3)cc2c1. The summed E-state index contributed by atoms with van der Waals surface area (Å²) in [6, 6.07) is 17.2. The van der Waals surface area contributed by atoms with Gasteiger partial charge < -0.3 is 5.32 Å². The van der Waals surface area contributed by atoms with Crippen molar-refractivity contribution < 1.29 is 13.2 Å². The van der Waals surface area contributed by atoms with Gasteiger partial charge in [-0.2, -0.15) is 0 Å². The fraction of sp³-hybridized carbons (Fsp3) is 0.375. The summed E-state index contributed by atoms with van der Waals surface area (Å²) in [6.07, 6.45) is 8.15. The van der Waals surface area contributed by atoms with Crippen LogP contribution in [0, 0.1) is 0 Å². The molecule has 1 saturated carbocycles. The lowest BCUT2D eigenvalue weighted by atomic mass is 10.1. The van der Waals surface area contributed by atoms with E-state index in [1.165, 1.54) is 47.6 Å². The van der Waals surface area contributed by atoms with Crippen LogP contribution < -0.4 is 9.62 Å². The van der Waals surface area contributed by atoms with Crippen molar-refractivity contribution >= 4 is 43.0 Å². The van der Waals surface area contributed by atoms with Gasteiger partial charge in [-0.25, -0.2) is 8.42 Å². The van der Waals surface area contributed by atoms with Gasteiger partial charge in [0.2, 0.25) is 10.0 Å². The highest BCUT2D eigenvalue weighted by atomic mass is 32.2. The van der Waals surface area contributed by atoms with E-state index in [9.17, 15) is 13.2 Å². The molecule has 0 spiro atoms. The first kappa shape index (κ1) is 21.8. The average molecular weight is 457 g/mol. The van der Waals surface area contributed by atoms with Gasteiger partial charge >= 0.3 is 0 Å². The molecule has 0 radical (unpaired) electrons. The summed E-state index contributed by atoms with van der Waals surface area (Å²) in [5.41, 5.74) is 1.52. The second kappa shape index (κ2) is 9.40. The van der Waals surface area contributed by atoms with Gasteiger partial charge in [-0.05, 0) is 48.1 Å². The van der Waals surface area contributed by atoms with Crippen LogP contribution in [-0.2, 0) is 16.6 Å². The Morgan fingerprint density at radius 1 is 1.03 bits per heavy atom. The summed E-state index contributed by atoms with van der Waals surface area (Å²) >= 11 is 1.45. The average Bonchev–Trinajstić information content (AvgIpc) is 3.01. The molecule has 0 aliphatic heterocycles. The highest BCUT2D eigenvalue weighted by Gasteiger charge is 2.20. The maximum Gasteiger partial charge on any atom is 0.261 e. The van der Waals surface area contributed by atoms with E-state index >= 15 is 0 Å². The third kappa shape index (κ3) is 5.46. The molecular formula is C24H28N2O3S2. The number of fused-ring (bicyclic) bond motifs is 1. The molecule has 1 aliphatic rings. The van der Waals surface area contributed by atoms with Gasteiger partial charge in [0.15, 0.2) is 0 Å². The molecule has 0 saturated heterocycles. The Labute approximate surface area is 188 Å². The van der Waals surface area contributed by atoms with Crippen LogP contribution in [-0.4, -0.2) is 26.6 Å². The molecule has 0 atom stereocenters.